The summed E-state index contributed by atoms with van der Waals surface area (Å²) in [6.07, 6.45) is 3.99. The molecule has 0 aliphatic heterocycles. The minimum Gasteiger partial charge on any atom is -0.327 e. The lowest BCUT2D eigenvalue weighted by Gasteiger charge is -2.27. The van der Waals surface area contributed by atoms with Crippen LogP contribution in [0.25, 0.3) is 0 Å². The summed E-state index contributed by atoms with van der Waals surface area (Å²) in [7, 11) is 0. The number of hydrogen-bond donors (Lipinski definition) is 2. The Morgan fingerprint density at radius 3 is 2.83 bits per heavy atom. The van der Waals surface area contributed by atoms with Crippen molar-refractivity contribution >= 4 is 23.2 Å². The number of halogens is 1. The maximum absolute atomic E-state index is 12.2. The van der Waals surface area contributed by atoms with Gasteiger partial charge in [0.05, 0.1) is 17.3 Å². The maximum atomic E-state index is 12.2. The van der Waals surface area contributed by atoms with E-state index in [1.807, 2.05) is 6.92 Å². The summed E-state index contributed by atoms with van der Waals surface area (Å²) in [6, 6.07) is 3.42. The van der Waals surface area contributed by atoms with Crippen molar-refractivity contribution < 1.29 is 4.79 Å². The molecule has 1 heterocycles. The minimum atomic E-state index is -0.0890. The van der Waals surface area contributed by atoms with Crippen molar-refractivity contribution in [1.82, 2.24) is 4.98 Å². The van der Waals surface area contributed by atoms with Crippen LogP contribution in [0.5, 0.6) is 0 Å². The van der Waals surface area contributed by atoms with Crippen molar-refractivity contribution in [2.45, 2.75) is 38.6 Å². The first-order chi connectivity index (χ1) is 8.58. The van der Waals surface area contributed by atoms with E-state index in [2.05, 4.69) is 10.3 Å². The first kappa shape index (κ1) is 13.3. The summed E-state index contributed by atoms with van der Waals surface area (Å²) in [5.74, 6) is -0.0942. The number of aryl methyl sites for hydroxylation is 1. The topological polar surface area (TPSA) is 68.0 Å². The van der Waals surface area contributed by atoms with Crippen molar-refractivity contribution in [3.8, 4) is 0 Å². The van der Waals surface area contributed by atoms with Crippen LogP contribution < -0.4 is 11.1 Å². The van der Waals surface area contributed by atoms with E-state index in [9.17, 15) is 4.79 Å². The SMILES string of the molecule is Cc1nc(Cl)ccc1NC(=O)C1CCCCC1N. The number of pyridine rings is 1. The third-order valence-corrected chi connectivity index (χ3v) is 3.68. The molecule has 2 unspecified atom stereocenters. The van der Waals surface area contributed by atoms with Crippen LogP contribution in [-0.2, 0) is 4.79 Å². The zero-order valence-corrected chi connectivity index (χ0v) is 11.2. The summed E-state index contributed by atoms with van der Waals surface area (Å²) >= 11 is 5.78. The molecular weight excluding hydrogens is 250 g/mol. The van der Waals surface area contributed by atoms with E-state index in [-0.39, 0.29) is 17.9 Å². The Hall–Kier alpha value is -1.13. The van der Waals surface area contributed by atoms with Gasteiger partial charge in [0.25, 0.3) is 0 Å². The molecule has 0 bridgehead atoms. The van der Waals surface area contributed by atoms with Crippen molar-refractivity contribution in [3.63, 3.8) is 0 Å². The van der Waals surface area contributed by atoms with E-state index in [0.29, 0.717) is 10.8 Å². The van der Waals surface area contributed by atoms with Gasteiger partial charge < -0.3 is 11.1 Å². The van der Waals surface area contributed by atoms with Gasteiger partial charge in [0.15, 0.2) is 0 Å². The van der Waals surface area contributed by atoms with Gasteiger partial charge in [-0.25, -0.2) is 4.98 Å². The fraction of sp³-hybridized carbons (Fsp3) is 0.538. The average molecular weight is 268 g/mol. The van der Waals surface area contributed by atoms with Gasteiger partial charge in [0.2, 0.25) is 5.91 Å². The molecule has 1 aliphatic carbocycles. The first-order valence-electron chi connectivity index (χ1n) is 6.27. The van der Waals surface area contributed by atoms with Crippen molar-refractivity contribution in [2.75, 3.05) is 5.32 Å². The van der Waals surface area contributed by atoms with Crippen LogP contribution in [0.3, 0.4) is 0 Å². The molecule has 2 rings (SSSR count). The summed E-state index contributed by atoms with van der Waals surface area (Å²) in [4.78, 5) is 16.3. The number of amides is 1. The molecule has 0 spiro atoms. The molecule has 18 heavy (non-hydrogen) atoms. The van der Waals surface area contributed by atoms with Gasteiger partial charge in [-0.2, -0.15) is 0 Å². The second-order valence-corrected chi connectivity index (χ2v) is 5.20. The van der Waals surface area contributed by atoms with Gasteiger partial charge in [-0.05, 0) is 31.9 Å². The molecule has 1 aromatic rings. The molecule has 1 aliphatic rings. The number of nitrogens with one attached hydrogen (secondary N) is 1. The lowest BCUT2D eigenvalue weighted by atomic mass is 9.84. The molecule has 98 valence electrons. The Kier molecular flexibility index (Phi) is 4.19. The number of hydrogen-bond acceptors (Lipinski definition) is 3. The monoisotopic (exact) mass is 267 g/mol. The second kappa shape index (κ2) is 5.67. The van der Waals surface area contributed by atoms with Crippen molar-refractivity contribution in [3.05, 3.63) is 23.0 Å². The Morgan fingerprint density at radius 2 is 2.17 bits per heavy atom. The zero-order chi connectivity index (χ0) is 13.1. The number of aromatic nitrogens is 1. The number of nitrogens with zero attached hydrogens (tertiary/aromatic N) is 1. The molecule has 5 heteroatoms. The van der Waals surface area contributed by atoms with Crippen LogP contribution in [0.1, 0.15) is 31.4 Å². The van der Waals surface area contributed by atoms with Crippen molar-refractivity contribution in [1.29, 1.82) is 0 Å². The van der Waals surface area contributed by atoms with Crippen LogP contribution in [-0.4, -0.2) is 16.9 Å². The molecule has 1 aromatic heterocycles. The van der Waals surface area contributed by atoms with Crippen molar-refractivity contribution in [2.24, 2.45) is 11.7 Å². The van der Waals surface area contributed by atoms with E-state index >= 15 is 0 Å². The highest BCUT2D eigenvalue weighted by Crippen LogP contribution is 2.25. The second-order valence-electron chi connectivity index (χ2n) is 4.81. The van der Waals surface area contributed by atoms with E-state index in [1.54, 1.807) is 12.1 Å². The Bertz CT molecular complexity index is 450. The largest absolute Gasteiger partial charge is 0.327 e. The number of anilines is 1. The molecular formula is C13H18ClN3O. The van der Waals surface area contributed by atoms with Crippen LogP contribution >= 0.6 is 11.6 Å². The quantitative estimate of drug-likeness (QED) is 0.809. The van der Waals surface area contributed by atoms with E-state index in [1.165, 1.54) is 0 Å². The summed E-state index contributed by atoms with van der Waals surface area (Å²) in [5.41, 5.74) is 7.43. The van der Waals surface area contributed by atoms with Gasteiger partial charge in [-0.3, -0.25) is 4.79 Å². The van der Waals surface area contributed by atoms with Gasteiger partial charge >= 0.3 is 0 Å². The number of carbonyl (C=O) groups is 1. The number of carbonyl (C=O) groups excluding carboxylic acids is 1. The standard InChI is InChI=1S/C13H18ClN3O/c1-8-11(6-7-12(14)16-8)17-13(18)9-4-2-3-5-10(9)15/h6-7,9-10H,2-5,15H2,1H3,(H,17,18). The molecule has 0 radical (unpaired) electrons. The smallest absolute Gasteiger partial charge is 0.229 e. The van der Waals surface area contributed by atoms with Crippen LogP contribution in [0.15, 0.2) is 12.1 Å². The fourth-order valence-corrected chi connectivity index (χ4v) is 2.56. The van der Waals surface area contributed by atoms with E-state index in [4.69, 9.17) is 17.3 Å². The van der Waals surface area contributed by atoms with Gasteiger partial charge in [-0.15, -0.1) is 0 Å². The molecule has 0 aromatic carbocycles. The zero-order valence-electron chi connectivity index (χ0n) is 10.4. The number of rotatable bonds is 2. The minimum absolute atomic E-state index is 0.00516. The molecule has 2 atom stereocenters. The lowest BCUT2D eigenvalue weighted by molar-refractivity contribution is -0.121. The Morgan fingerprint density at radius 1 is 1.44 bits per heavy atom. The van der Waals surface area contributed by atoms with Crippen LogP contribution in [0, 0.1) is 12.8 Å². The first-order valence-corrected chi connectivity index (χ1v) is 6.65. The average Bonchev–Trinajstić information content (AvgIpc) is 2.33. The molecule has 0 saturated heterocycles. The third kappa shape index (κ3) is 3.00. The molecule has 1 fully saturated rings. The molecule has 4 nitrogen and oxygen atoms in total. The van der Waals surface area contributed by atoms with Gasteiger partial charge in [-0.1, -0.05) is 24.4 Å². The molecule has 1 saturated carbocycles. The Labute approximate surface area is 112 Å². The summed E-state index contributed by atoms with van der Waals surface area (Å²) in [6.45, 7) is 1.82. The van der Waals surface area contributed by atoms with E-state index < -0.39 is 0 Å². The third-order valence-electron chi connectivity index (χ3n) is 3.47. The normalized spacial score (nSPS) is 23.7. The van der Waals surface area contributed by atoms with Gasteiger partial charge in [0, 0.05) is 6.04 Å². The maximum Gasteiger partial charge on any atom is 0.229 e. The highest BCUT2D eigenvalue weighted by molar-refractivity contribution is 6.29. The van der Waals surface area contributed by atoms with Crippen LogP contribution in [0.4, 0.5) is 5.69 Å². The number of nitrogens with two attached hydrogens (primary N) is 1. The molecule has 1 amide bonds. The van der Waals surface area contributed by atoms with Gasteiger partial charge in [0.1, 0.15) is 5.15 Å². The van der Waals surface area contributed by atoms with E-state index in [0.717, 1.165) is 31.4 Å². The predicted octanol–water partition coefficient (Wildman–Crippen LogP) is 2.50. The highest BCUT2D eigenvalue weighted by Gasteiger charge is 2.28. The highest BCUT2D eigenvalue weighted by atomic mass is 35.5. The van der Waals surface area contributed by atoms with Crippen LogP contribution in [0.2, 0.25) is 5.15 Å². The molecule has 3 N–H and O–H groups in total. The fourth-order valence-electron chi connectivity index (χ4n) is 2.37. The summed E-state index contributed by atoms with van der Waals surface area (Å²) < 4.78 is 0. The summed E-state index contributed by atoms with van der Waals surface area (Å²) in [5, 5.41) is 3.33. The Balaban J connectivity index is 2.06. The predicted molar refractivity (Wildman–Crippen MR) is 72.5 cm³/mol. The lowest BCUT2D eigenvalue weighted by Crippen LogP contribution is -2.40.